The van der Waals surface area contributed by atoms with Gasteiger partial charge in [0.25, 0.3) is 5.91 Å². The lowest BCUT2D eigenvalue weighted by Crippen LogP contribution is -2.35. The van der Waals surface area contributed by atoms with Crippen molar-refractivity contribution in [2.75, 3.05) is 31.9 Å². The number of anilines is 1. The zero-order chi connectivity index (χ0) is 13.1. The maximum Gasteiger partial charge on any atom is 0.256 e. The number of carbonyl (C=O) groups is 1. The summed E-state index contributed by atoms with van der Waals surface area (Å²) in [5, 5.41) is 0. The van der Waals surface area contributed by atoms with Crippen molar-refractivity contribution >= 4 is 11.6 Å². The first kappa shape index (κ1) is 12.9. The monoisotopic (exact) mass is 247 g/mol. The average Bonchev–Trinajstić information content (AvgIpc) is 2.69. The molecule has 0 unspecified atom stereocenters. The van der Waals surface area contributed by atoms with E-state index < -0.39 is 0 Å². The highest BCUT2D eigenvalue weighted by molar-refractivity contribution is 6.03. The molecule has 1 aliphatic heterocycles. The van der Waals surface area contributed by atoms with Gasteiger partial charge >= 0.3 is 0 Å². The van der Waals surface area contributed by atoms with Crippen molar-refractivity contribution in [1.29, 1.82) is 0 Å². The van der Waals surface area contributed by atoms with Gasteiger partial charge in [0.2, 0.25) is 0 Å². The molecule has 0 aliphatic carbocycles. The van der Waals surface area contributed by atoms with Crippen LogP contribution in [0.15, 0.2) is 18.2 Å². The fourth-order valence-electron chi connectivity index (χ4n) is 2.43. The Bertz CT molecular complexity index is 441. The molecule has 0 fully saturated rings. The van der Waals surface area contributed by atoms with E-state index in [2.05, 4.69) is 18.7 Å². The van der Waals surface area contributed by atoms with E-state index in [0.717, 1.165) is 31.7 Å². The summed E-state index contributed by atoms with van der Waals surface area (Å²) in [6.07, 6.45) is 0. The summed E-state index contributed by atoms with van der Waals surface area (Å²) in [6.45, 7) is 8.72. The summed E-state index contributed by atoms with van der Waals surface area (Å²) in [7, 11) is 0. The molecule has 1 aliphatic rings. The molecule has 0 aromatic heterocycles. The largest absolute Gasteiger partial charge is 0.398 e. The lowest BCUT2D eigenvalue weighted by atomic mass is 10.1. The Labute approximate surface area is 108 Å². The molecule has 2 rings (SSSR count). The summed E-state index contributed by atoms with van der Waals surface area (Å²) in [5.41, 5.74) is 8.24. The highest BCUT2D eigenvalue weighted by Gasteiger charge is 2.28. The maximum absolute atomic E-state index is 12.2. The summed E-state index contributed by atoms with van der Waals surface area (Å²) in [4.78, 5) is 16.4. The molecule has 1 aromatic rings. The third-order valence-corrected chi connectivity index (χ3v) is 3.63. The number of amides is 1. The highest BCUT2D eigenvalue weighted by Crippen LogP contribution is 2.27. The van der Waals surface area contributed by atoms with Crippen LogP contribution in [-0.4, -0.2) is 41.9 Å². The summed E-state index contributed by atoms with van der Waals surface area (Å²) < 4.78 is 0. The van der Waals surface area contributed by atoms with Crippen LogP contribution >= 0.6 is 0 Å². The third kappa shape index (κ3) is 2.34. The van der Waals surface area contributed by atoms with Gasteiger partial charge in [0.15, 0.2) is 0 Å². The van der Waals surface area contributed by atoms with E-state index in [1.54, 1.807) is 6.07 Å². The minimum Gasteiger partial charge on any atom is -0.398 e. The Hall–Kier alpha value is -1.55. The second-order valence-corrected chi connectivity index (χ2v) is 4.63. The van der Waals surface area contributed by atoms with Crippen LogP contribution in [0.2, 0.25) is 0 Å². The smallest absolute Gasteiger partial charge is 0.256 e. The van der Waals surface area contributed by atoms with Crippen LogP contribution in [-0.2, 0) is 6.54 Å². The molecule has 0 bridgehead atoms. The summed E-state index contributed by atoms with van der Waals surface area (Å²) >= 11 is 0. The molecule has 0 spiro atoms. The molecule has 0 saturated carbocycles. The first-order chi connectivity index (χ1) is 8.67. The SMILES string of the molecule is CCN(CC)CCN1Cc2cccc(N)c2C1=O. The van der Waals surface area contributed by atoms with E-state index in [0.29, 0.717) is 17.8 Å². The van der Waals surface area contributed by atoms with Gasteiger partial charge in [-0.3, -0.25) is 4.79 Å². The number of nitrogens with two attached hydrogens (primary N) is 1. The van der Waals surface area contributed by atoms with Gasteiger partial charge < -0.3 is 15.5 Å². The summed E-state index contributed by atoms with van der Waals surface area (Å²) in [5.74, 6) is 0.0789. The van der Waals surface area contributed by atoms with Gasteiger partial charge in [-0.1, -0.05) is 26.0 Å². The normalized spacial score (nSPS) is 14.4. The fourth-order valence-corrected chi connectivity index (χ4v) is 2.43. The predicted octanol–water partition coefficient (Wildman–Crippen LogP) is 1.57. The zero-order valence-electron chi connectivity index (χ0n) is 11.1. The molecule has 0 radical (unpaired) electrons. The molecule has 4 heteroatoms. The van der Waals surface area contributed by atoms with Gasteiger partial charge in [-0.2, -0.15) is 0 Å². The van der Waals surface area contributed by atoms with Gasteiger partial charge in [0, 0.05) is 25.3 Å². The fraction of sp³-hybridized carbons (Fsp3) is 0.500. The maximum atomic E-state index is 12.2. The van der Waals surface area contributed by atoms with E-state index in [-0.39, 0.29) is 5.91 Å². The van der Waals surface area contributed by atoms with Crippen LogP contribution in [0, 0.1) is 0 Å². The van der Waals surface area contributed by atoms with E-state index in [4.69, 9.17) is 5.73 Å². The topological polar surface area (TPSA) is 49.6 Å². The van der Waals surface area contributed by atoms with E-state index >= 15 is 0 Å². The number of nitrogen functional groups attached to an aromatic ring is 1. The van der Waals surface area contributed by atoms with E-state index in [1.807, 2.05) is 17.0 Å². The Morgan fingerprint density at radius 2 is 2.06 bits per heavy atom. The Kier molecular flexibility index (Phi) is 3.87. The minimum absolute atomic E-state index is 0.0789. The molecule has 1 aromatic carbocycles. The number of fused-ring (bicyclic) bond motifs is 1. The lowest BCUT2D eigenvalue weighted by Gasteiger charge is -2.22. The first-order valence-electron chi connectivity index (χ1n) is 6.56. The number of nitrogens with zero attached hydrogens (tertiary/aromatic N) is 2. The van der Waals surface area contributed by atoms with Crippen LogP contribution in [0.25, 0.3) is 0 Å². The van der Waals surface area contributed by atoms with Crippen LogP contribution in [0.1, 0.15) is 29.8 Å². The lowest BCUT2D eigenvalue weighted by molar-refractivity contribution is 0.0761. The Morgan fingerprint density at radius 3 is 2.67 bits per heavy atom. The van der Waals surface area contributed by atoms with Crippen molar-refractivity contribution < 1.29 is 4.79 Å². The number of hydrogen-bond acceptors (Lipinski definition) is 3. The molecule has 1 amide bonds. The molecule has 98 valence electrons. The van der Waals surface area contributed by atoms with Crippen LogP contribution in [0.3, 0.4) is 0 Å². The Morgan fingerprint density at radius 1 is 1.33 bits per heavy atom. The van der Waals surface area contributed by atoms with Crippen LogP contribution < -0.4 is 5.73 Å². The molecule has 2 N–H and O–H groups in total. The summed E-state index contributed by atoms with van der Waals surface area (Å²) in [6, 6.07) is 5.70. The standard InChI is InChI=1S/C14H21N3O/c1-3-16(4-2)8-9-17-10-11-6-5-7-12(15)13(11)14(17)18/h5-7H,3-4,8-10,15H2,1-2H3. The van der Waals surface area contributed by atoms with Crippen molar-refractivity contribution in [3.63, 3.8) is 0 Å². The number of carbonyl (C=O) groups excluding carboxylic acids is 1. The molecule has 18 heavy (non-hydrogen) atoms. The molecule has 1 heterocycles. The molecular weight excluding hydrogens is 226 g/mol. The first-order valence-corrected chi connectivity index (χ1v) is 6.56. The van der Waals surface area contributed by atoms with Gasteiger partial charge in [0.1, 0.15) is 0 Å². The Balaban J connectivity index is 2.03. The number of likely N-dealkylation sites (N-methyl/N-ethyl adjacent to an activating group) is 1. The number of rotatable bonds is 5. The van der Waals surface area contributed by atoms with Crippen molar-refractivity contribution in [2.45, 2.75) is 20.4 Å². The van der Waals surface area contributed by atoms with Crippen molar-refractivity contribution in [2.24, 2.45) is 0 Å². The number of benzene rings is 1. The van der Waals surface area contributed by atoms with E-state index in [9.17, 15) is 4.79 Å². The van der Waals surface area contributed by atoms with E-state index in [1.165, 1.54) is 0 Å². The predicted molar refractivity (Wildman–Crippen MR) is 73.4 cm³/mol. The molecule has 4 nitrogen and oxygen atoms in total. The average molecular weight is 247 g/mol. The van der Waals surface area contributed by atoms with Crippen LogP contribution in [0.4, 0.5) is 5.69 Å². The van der Waals surface area contributed by atoms with Crippen molar-refractivity contribution in [1.82, 2.24) is 9.80 Å². The zero-order valence-corrected chi connectivity index (χ0v) is 11.1. The molecule has 0 saturated heterocycles. The highest BCUT2D eigenvalue weighted by atomic mass is 16.2. The quantitative estimate of drug-likeness (QED) is 0.803. The van der Waals surface area contributed by atoms with Gasteiger partial charge in [-0.15, -0.1) is 0 Å². The van der Waals surface area contributed by atoms with Crippen molar-refractivity contribution in [3.8, 4) is 0 Å². The molecular formula is C14H21N3O. The second kappa shape index (κ2) is 5.40. The van der Waals surface area contributed by atoms with Gasteiger partial charge in [-0.05, 0) is 24.7 Å². The van der Waals surface area contributed by atoms with Crippen LogP contribution in [0.5, 0.6) is 0 Å². The second-order valence-electron chi connectivity index (χ2n) is 4.63. The number of hydrogen-bond donors (Lipinski definition) is 1. The van der Waals surface area contributed by atoms with Crippen molar-refractivity contribution in [3.05, 3.63) is 29.3 Å². The van der Waals surface area contributed by atoms with Gasteiger partial charge in [-0.25, -0.2) is 0 Å². The van der Waals surface area contributed by atoms with Gasteiger partial charge in [0.05, 0.1) is 5.56 Å². The third-order valence-electron chi connectivity index (χ3n) is 3.63. The molecule has 0 atom stereocenters. The minimum atomic E-state index is 0.0789.